The average molecular weight is 356 g/mol. The molecule has 7 heteroatoms. The van der Waals surface area contributed by atoms with E-state index in [1.54, 1.807) is 24.3 Å². The van der Waals surface area contributed by atoms with Gasteiger partial charge >= 0.3 is 0 Å². The zero-order valence-corrected chi connectivity index (χ0v) is 14.0. The van der Waals surface area contributed by atoms with Crippen LogP contribution in [-0.2, 0) is 16.1 Å². The summed E-state index contributed by atoms with van der Waals surface area (Å²) in [6.07, 6.45) is 0. The van der Waals surface area contributed by atoms with Gasteiger partial charge in [0.05, 0.1) is 12.1 Å². The summed E-state index contributed by atoms with van der Waals surface area (Å²) in [7, 11) is 1.51. The van der Waals surface area contributed by atoms with E-state index in [0.29, 0.717) is 11.5 Å². The minimum absolute atomic E-state index is 0.0521. The summed E-state index contributed by atoms with van der Waals surface area (Å²) in [4.78, 5) is 25.0. The van der Waals surface area contributed by atoms with Crippen molar-refractivity contribution in [3.63, 3.8) is 0 Å². The monoisotopic (exact) mass is 356 g/mol. The van der Waals surface area contributed by atoms with Gasteiger partial charge in [0, 0.05) is 13.6 Å². The van der Waals surface area contributed by atoms with E-state index in [0.717, 1.165) is 5.56 Å². The van der Waals surface area contributed by atoms with Crippen LogP contribution in [0.25, 0.3) is 0 Å². The highest BCUT2D eigenvalue weighted by Crippen LogP contribution is 2.22. The molecule has 0 fully saturated rings. The first-order valence-corrected chi connectivity index (χ1v) is 7.92. The van der Waals surface area contributed by atoms with E-state index in [9.17, 15) is 19.1 Å². The van der Waals surface area contributed by atoms with Crippen molar-refractivity contribution in [1.29, 1.82) is 0 Å². The Bertz CT molecular complexity index is 877. The fourth-order valence-electron chi connectivity index (χ4n) is 2.52. The number of benzene rings is 2. The first kappa shape index (κ1) is 17.5. The highest BCUT2D eigenvalue weighted by atomic mass is 19.1. The van der Waals surface area contributed by atoms with E-state index in [2.05, 4.69) is 5.32 Å². The average Bonchev–Trinajstić information content (AvgIpc) is 2.89. The molecule has 6 nitrogen and oxygen atoms in total. The first-order chi connectivity index (χ1) is 12.4. The molecule has 1 heterocycles. The molecule has 0 saturated carbocycles. The summed E-state index contributed by atoms with van der Waals surface area (Å²) < 4.78 is 18.6. The molecule has 0 aromatic heterocycles. The van der Waals surface area contributed by atoms with Crippen molar-refractivity contribution in [2.75, 3.05) is 13.6 Å². The zero-order chi connectivity index (χ0) is 18.7. The van der Waals surface area contributed by atoms with Gasteiger partial charge in [0.2, 0.25) is 0 Å². The first-order valence-electron chi connectivity index (χ1n) is 7.92. The van der Waals surface area contributed by atoms with E-state index < -0.39 is 17.6 Å². The number of aliphatic hydroxyl groups excluding tert-OH is 1. The highest BCUT2D eigenvalue weighted by molar-refractivity contribution is 6.06. The second kappa shape index (κ2) is 7.26. The molecule has 0 aliphatic carbocycles. The molecule has 2 amide bonds. The van der Waals surface area contributed by atoms with Gasteiger partial charge < -0.3 is 20.1 Å². The Morgan fingerprint density at radius 1 is 1.23 bits per heavy atom. The van der Waals surface area contributed by atoms with Crippen molar-refractivity contribution < 1.29 is 23.8 Å². The number of amides is 2. The van der Waals surface area contributed by atoms with Gasteiger partial charge in [0.1, 0.15) is 17.3 Å². The molecule has 2 aromatic rings. The lowest BCUT2D eigenvalue weighted by molar-refractivity contribution is -0.126. The van der Waals surface area contributed by atoms with Gasteiger partial charge in [0.15, 0.2) is 5.76 Å². The number of nitrogens with one attached hydrogen (secondary N) is 1. The Labute approximate surface area is 149 Å². The third kappa shape index (κ3) is 3.83. The van der Waals surface area contributed by atoms with Gasteiger partial charge in [-0.2, -0.15) is 0 Å². The van der Waals surface area contributed by atoms with Crippen LogP contribution in [0.15, 0.2) is 59.9 Å². The highest BCUT2D eigenvalue weighted by Gasteiger charge is 2.31. The summed E-state index contributed by atoms with van der Waals surface area (Å²) in [6.45, 7) is 0.276. The van der Waals surface area contributed by atoms with Crippen LogP contribution >= 0.6 is 0 Å². The summed E-state index contributed by atoms with van der Waals surface area (Å²) >= 11 is 0. The summed E-state index contributed by atoms with van der Waals surface area (Å²) in [5.74, 6) is -0.882. The lowest BCUT2D eigenvalue weighted by atomic mass is 10.2. The quantitative estimate of drug-likeness (QED) is 0.863. The Balaban J connectivity index is 1.63. The third-order valence-corrected chi connectivity index (χ3v) is 3.91. The van der Waals surface area contributed by atoms with Gasteiger partial charge in [0.25, 0.3) is 11.8 Å². The van der Waals surface area contributed by atoms with Crippen molar-refractivity contribution in [2.45, 2.75) is 6.54 Å². The number of ether oxygens (including phenoxy) is 1. The molecule has 0 spiro atoms. The van der Waals surface area contributed by atoms with E-state index in [1.807, 2.05) is 0 Å². The van der Waals surface area contributed by atoms with Crippen molar-refractivity contribution in [2.24, 2.45) is 0 Å². The number of hydrogen-bond donors (Lipinski definition) is 2. The van der Waals surface area contributed by atoms with E-state index in [4.69, 9.17) is 4.74 Å². The molecule has 0 bridgehead atoms. The van der Waals surface area contributed by atoms with Crippen LogP contribution in [0.4, 0.5) is 4.39 Å². The molecule has 1 aliphatic heterocycles. The Hall–Kier alpha value is -3.35. The Kier molecular flexibility index (Phi) is 4.88. The van der Waals surface area contributed by atoms with Gasteiger partial charge in [-0.15, -0.1) is 0 Å². The maximum Gasteiger partial charge on any atom is 0.289 e. The number of carbonyl (C=O) groups excluding carboxylic acids is 2. The molecule has 0 saturated heterocycles. The normalized spacial score (nSPS) is 13.9. The van der Waals surface area contributed by atoms with Crippen molar-refractivity contribution in [3.8, 4) is 11.5 Å². The van der Waals surface area contributed by atoms with Gasteiger partial charge in [-0.3, -0.25) is 9.59 Å². The maximum absolute atomic E-state index is 12.9. The number of carbonyl (C=O) groups is 2. The third-order valence-electron chi connectivity index (χ3n) is 3.91. The Morgan fingerprint density at radius 3 is 2.62 bits per heavy atom. The number of halogens is 1. The van der Waals surface area contributed by atoms with Crippen LogP contribution in [-0.4, -0.2) is 35.4 Å². The van der Waals surface area contributed by atoms with Gasteiger partial charge in [-0.25, -0.2) is 4.39 Å². The van der Waals surface area contributed by atoms with Crippen LogP contribution in [0.3, 0.4) is 0 Å². The molecular formula is C19H17FN2O4. The molecule has 2 aromatic carbocycles. The fourth-order valence-corrected chi connectivity index (χ4v) is 2.52. The minimum Gasteiger partial charge on any atom is -0.503 e. The van der Waals surface area contributed by atoms with Gasteiger partial charge in [-0.05, 0) is 42.0 Å². The van der Waals surface area contributed by atoms with Crippen LogP contribution in [0, 0.1) is 5.82 Å². The van der Waals surface area contributed by atoms with Crippen LogP contribution in [0.2, 0.25) is 0 Å². The largest absolute Gasteiger partial charge is 0.503 e. The van der Waals surface area contributed by atoms with Crippen molar-refractivity contribution in [3.05, 3.63) is 71.2 Å². The zero-order valence-electron chi connectivity index (χ0n) is 14.0. The van der Waals surface area contributed by atoms with E-state index in [1.165, 1.54) is 36.2 Å². The molecule has 0 atom stereocenters. The molecule has 0 radical (unpaired) electrons. The van der Waals surface area contributed by atoms with E-state index in [-0.39, 0.29) is 24.5 Å². The van der Waals surface area contributed by atoms with Crippen molar-refractivity contribution >= 4 is 11.8 Å². The van der Waals surface area contributed by atoms with Crippen molar-refractivity contribution in [1.82, 2.24) is 10.2 Å². The van der Waals surface area contributed by atoms with Gasteiger partial charge in [-0.1, -0.05) is 12.1 Å². The molecule has 0 unspecified atom stereocenters. The smallest absolute Gasteiger partial charge is 0.289 e. The predicted molar refractivity (Wildman–Crippen MR) is 92.1 cm³/mol. The molecule has 2 N–H and O–H groups in total. The molecule has 26 heavy (non-hydrogen) atoms. The standard InChI is InChI=1S/C19H17FN2O4/c1-22-11-16(17(23)19(22)25)18(24)21-10-12-3-2-4-15(9-12)26-14-7-5-13(20)6-8-14/h2-9,23H,10-11H2,1H3,(H,21,24). The Morgan fingerprint density at radius 2 is 1.96 bits per heavy atom. The SMILES string of the molecule is CN1CC(C(=O)NCc2cccc(Oc3ccc(F)cc3)c2)=C(O)C1=O. The lowest BCUT2D eigenvalue weighted by Gasteiger charge is -2.10. The topological polar surface area (TPSA) is 78.9 Å². The summed E-state index contributed by atoms with van der Waals surface area (Å²) in [6, 6.07) is 12.7. The molecule has 134 valence electrons. The molecule has 3 rings (SSSR count). The number of rotatable bonds is 5. The van der Waals surface area contributed by atoms with Crippen LogP contribution in [0.5, 0.6) is 11.5 Å². The number of hydrogen-bond acceptors (Lipinski definition) is 4. The van der Waals surface area contributed by atoms with E-state index >= 15 is 0 Å². The van der Waals surface area contributed by atoms with Crippen LogP contribution < -0.4 is 10.1 Å². The second-order valence-electron chi connectivity index (χ2n) is 5.87. The fraction of sp³-hybridized carbons (Fsp3) is 0.158. The predicted octanol–water partition coefficient (Wildman–Crippen LogP) is 2.52. The van der Waals surface area contributed by atoms with Crippen LogP contribution in [0.1, 0.15) is 5.56 Å². The molecular weight excluding hydrogens is 339 g/mol. The number of likely N-dealkylation sites (N-methyl/N-ethyl adjacent to an activating group) is 1. The number of aliphatic hydroxyl groups is 1. The summed E-state index contributed by atoms with van der Waals surface area (Å²) in [5.41, 5.74) is 0.826. The summed E-state index contributed by atoms with van der Waals surface area (Å²) in [5, 5.41) is 12.4. The second-order valence-corrected chi connectivity index (χ2v) is 5.87. The lowest BCUT2D eigenvalue weighted by Crippen LogP contribution is -2.27. The number of nitrogens with zero attached hydrogens (tertiary/aromatic N) is 1. The maximum atomic E-state index is 12.9. The minimum atomic E-state index is -0.565. The molecule has 1 aliphatic rings.